The van der Waals surface area contributed by atoms with Crippen molar-refractivity contribution in [2.75, 3.05) is 20.4 Å². The lowest BCUT2D eigenvalue weighted by molar-refractivity contribution is -0.145. The van der Waals surface area contributed by atoms with Crippen LogP contribution < -0.4 is 14.8 Å². The first-order valence-electron chi connectivity index (χ1n) is 7.94. The molecule has 0 saturated heterocycles. The van der Waals surface area contributed by atoms with Gasteiger partial charge in [-0.05, 0) is 41.8 Å². The van der Waals surface area contributed by atoms with E-state index >= 15 is 0 Å². The van der Waals surface area contributed by atoms with Crippen LogP contribution in [0, 0.1) is 0 Å². The number of pyridine rings is 1. The van der Waals surface area contributed by atoms with Crippen molar-refractivity contribution in [1.82, 2.24) is 15.2 Å². The van der Waals surface area contributed by atoms with Crippen molar-refractivity contribution in [1.29, 1.82) is 0 Å². The van der Waals surface area contributed by atoms with E-state index < -0.39 is 11.8 Å². The molecular weight excluding hydrogens is 322 g/mol. The lowest BCUT2D eigenvalue weighted by Crippen LogP contribution is -2.41. The lowest BCUT2D eigenvalue weighted by atomic mass is 10.2. The van der Waals surface area contributed by atoms with Gasteiger partial charge < -0.3 is 19.7 Å². The molecule has 7 heteroatoms. The second kappa shape index (κ2) is 7.65. The summed E-state index contributed by atoms with van der Waals surface area (Å²) < 4.78 is 10.5. The summed E-state index contributed by atoms with van der Waals surface area (Å²) in [5, 5.41) is 2.63. The molecule has 0 aliphatic carbocycles. The van der Waals surface area contributed by atoms with E-state index in [4.69, 9.17) is 9.47 Å². The number of hydrogen-bond acceptors (Lipinski definition) is 5. The Morgan fingerprint density at radius 1 is 1.12 bits per heavy atom. The quantitative estimate of drug-likeness (QED) is 0.825. The number of ether oxygens (including phenoxy) is 2. The minimum Gasteiger partial charge on any atom is -0.454 e. The van der Waals surface area contributed by atoms with Gasteiger partial charge in [-0.15, -0.1) is 0 Å². The fourth-order valence-corrected chi connectivity index (χ4v) is 2.43. The van der Waals surface area contributed by atoms with Crippen LogP contribution in [0.25, 0.3) is 0 Å². The van der Waals surface area contributed by atoms with E-state index in [1.165, 1.54) is 4.90 Å². The number of aromatic nitrogens is 1. The average Bonchev–Trinajstić information content (AvgIpc) is 3.12. The molecule has 0 unspecified atom stereocenters. The third-order valence-corrected chi connectivity index (χ3v) is 3.92. The number of carbonyl (C=O) groups excluding carboxylic acids is 2. The minimum atomic E-state index is -0.630. The zero-order valence-electron chi connectivity index (χ0n) is 13.9. The number of fused-ring (bicyclic) bond motifs is 1. The molecular formula is C18H19N3O4. The van der Waals surface area contributed by atoms with E-state index in [1.807, 2.05) is 18.2 Å². The zero-order valence-corrected chi connectivity index (χ0v) is 13.9. The normalized spacial score (nSPS) is 11.9. The van der Waals surface area contributed by atoms with E-state index in [0.717, 1.165) is 11.1 Å². The highest BCUT2D eigenvalue weighted by Gasteiger charge is 2.19. The van der Waals surface area contributed by atoms with Crippen molar-refractivity contribution in [3.63, 3.8) is 0 Å². The number of likely N-dealkylation sites (N-methyl/N-ethyl adjacent to an activating group) is 1. The summed E-state index contributed by atoms with van der Waals surface area (Å²) >= 11 is 0. The largest absolute Gasteiger partial charge is 0.454 e. The molecule has 0 radical (unpaired) electrons. The molecule has 0 atom stereocenters. The fraction of sp³-hybridized carbons (Fsp3) is 0.278. The van der Waals surface area contributed by atoms with Gasteiger partial charge in [-0.1, -0.05) is 6.07 Å². The molecule has 1 aliphatic rings. The van der Waals surface area contributed by atoms with Crippen LogP contribution in [0.5, 0.6) is 11.5 Å². The maximum Gasteiger partial charge on any atom is 0.311 e. The number of hydrogen-bond donors (Lipinski definition) is 1. The van der Waals surface area contributed by atoms with Crippen molar-refractivity contribution < 1.29 is 19.1 Å². The topological polar surface area (TPSA) is 80.8 Å². The van der Waals surface area contributed by atoms with Crippen LogP contribution in [-0.2, 0) is 22.6 Å². The molecule has 25 heavy (non-hydrogen) atoms. The van der Waals surface area contributed by atoms with Crippen molar-refractivity contribution >= 4 is 11.8 Å². The zero-order chi connectivity index (χ0) is 17.6. The Labute approximate surface area is 145 Å². The maximum atomic E-state index is 12.1. The number of amides is 2. The molecule has 3 rings (SSSR count). The first-order chi connectivity index (χ1) is 12.1. The van der Waals surface area contributed by atoms with Crippen molar-refractivity contribution in [3.8, 4) is 11.5 Å². The molecule has 1 aliphatic heterocycles. The van der Waals surface area contributed by atoms with Crippen LogP contribution in [0.3, 0.4) is 0 Å². The summed E-state index contributed by atoms with van der Waals surface area (Å²) in [5.41, 5.74) is 1.90. The first kappa shape index (κ1) is 16.8. The number of nitrogens with zero attached hydrogens (tertiary/aromatic N) is 2. The fourth-order valence-electron chi connectivity index (χ4n) is 2.43. The third kappa shape index (κ3) is 4.26. The Morgan fingerprint density at radius 2 is 1.88 bits per heavy atom. The molecule has 0 saturated carbocycles. The van der Waals surface area contributed by atoms with Gasteiger partial charge in [0.05, 0.1) is 0 Å². The predicted octanol–water partition coefficient (Wildman–Crippen LogP) is 1.13. The third-order valence-electron chi connectivity index (χ3n) is 3.92. The summed E-state index contributed by atoms with van der Waals surface area (Å²) in [6.45, 7) is 0.908. The average molecular weight is 341 g/mol. The van der Waals surface area contributed by atoms with Crippen LogP contribution >= 0.6 is 0 Å². The highest BCUT2D eigenvalue weighted by Crippen LogP contribution is 2.32. The minimum absolute atomic E-state index is 0.200. The van der Waals surface area contributed by atoms with Crippen molar-refractivity contribution in [2.24, 2.45) is 0 Å². The summed E-state index contributed by atoms with van der Waals surface area (Å²) in [5.74, 6) is 0.138. The second-order valence-electron chi connectivity index (χ2n) is 5.70. The predicted molar refractivity (Wildman–Crippen MR) is 90.0 cm³/mol. The van der Waals surface area contributed by atoms with E-state index in [-0.39, 0.29) is 13.3 Å². The van der Waals surface area contributed by atoms with Gasteiger partial charge in [0.25, 0.3) is 0 Å². The molecule has 0 fully saturated rings. The first-order valence-corrected chi connectivity index (χ1v) is 7.94. The maximum absolute atomic E-state index is 12.1. The van der Waals surface area contributed by atoms with Crippen LogP contribution in [-0.4, -0.2) is 42.1 Å². The second-order valence-corrected chi connectivity index (χ2v) is 5.70. The van der Waals surface area contributed by atoms with Crippen molar-refractivity contribution in [2.45, 2.75) is 13.0 Å². The van der Waals surface area contributed by atoms with Gasteiger partial charge in [0.2, 0.25) is 6.79 Å². The van der Waals surface area contributed by atoms with E-state index in [2.05, 4.69) is 10.3 Å². The van der Waals surface area contributed by atoms with Gasteiger partial charge in [0.1, 0.15) is 0 Å². The summed E-state index contributed by atoms with van der Waals surface area (Å²) in [6, 6.07) is 9.17. The van der Waals surface area contributed by atoms with Crippen LogP contribution in [0.1, 0.15) is 11.1 Å². The lowest BCUT2D eigenvalue weighted by Gasteiger charge is -2.16. The molecule has 2 amide bonds. The van der Waals surface area contributed by atoms with E-state index in [0.29, 0.717) is 24.5 Å². The molecule has 1 aromatic carbocycles. The van der Waals surface area contributed by atoms with E-state index in [1.54, 1.807) is 31.6 Å². The van der Waals surface area contributed by atoms with Gasteiger partial charge in [-0.25, -0.2) is 0 Å². The molecule has 0 spiro atoms. The summed E-state index contributed by atoms with van der Waals surface area (Å²) in [4.78, 5) is 29.5. The molecule has 2 aromatic rings. The molecule has 1 aromatic heterocycles. The smallest absolute Gasteiger partial charge is 0.311 e. The van der Waals surface area contributed by atoms with Gasteiger partial charge >= 0.3 is 11.8 Å². The molecule has 1 N–H and O–H groups in total. The SMILES string of the molecule is CN(CCc1ccncc1)C(=O)C(=O)NCc1ccc2c(c1)OCO2. The Balaban J connectivity index is 1.47. The number of nitrogens with one attached hydrogen (secondary N) is 1. The molecule has 0 bridgehead atoms. The van der Waals surface area contributed by atoms with Crippen LogP contribution in [0.4, 0.5) is 0 Å². The Kier molecular flexibility index (Phi) is 5.13. The van der Waals surface area contributed by atoms with Crippen LogP contribution in [0.2, 0.25) is 0 Å². The Bertz CT molecular complexity index is 764. The highest BCUT2D eigenvalue weighted by atomic mass is 16.7. The van der Waals surface area contributed by atoms with Gasteiger partial charge in [-0.3, -0.25) is 14.6 Å². The number of benzene rings is 1. The van der Waals surface area contributed by atoms with Crippen molar-refractivity contribution in [3.05, 3.63) is 53.9 Å². The van der Waals surface area contributed by atoms with E-state index in [9.17, 15) is 9.59 Å². The number of rotatable bonds is 5. The highest BCUT2D eigenvalue weighted by molar-refractivity contribution is 6.34. The van der Waals surface area contributed by atoms with Crippen LogP contribution in [0.15, 0.2) is 42.7 Å². The summed E-state index contributed by atoms with van der Waals surface area (Å²) in [6.07, 6.45) is 4.07. The van der Waals surface area contributed by atoms with Gasteiger partial charge in [0, 0.05) is 32.5 Å². The Hall–Kier alpha value is -3.09. The molecule has 130 valence electrons. The van der Waals surface area contributed by atoms with Gasteiger partial charge in [-0.2, -0.15) is 0 Å². The number of carbonyl (C=O) groups is 2. The van der Waals surface area contributed by atoms with Gasteiger partial charge in [0.15, 0.2) is 11.5 Å². The monoisotopic (exact) mass is 341 g/mol. The molecule has 2 heterocycles. The standard InChI is InChI=1S/C18H19N3O4/c1-21(9-6-13-4-7-19-8-5-13)18(23)17(22)20-11-14-2-3-15-16(10-14)25-12-24-15/h2-5,7-8,10H,6,9,11-12H2,1H3,(H,20,22). The Morgan fingerprint density at radius 3 is 2.68 bits per heavy atom. The summed E-state index contributed by atoms with van der Waals surface area (Å²) in [7, 11) is 1.61. The molecule has 7 nitrogen and oxygen atoms in total.